The average Bonchev–Trinajstić information content (AvgIpc) is 2.86. The number of H-pyrrole nitrogens is 1. The van der Waals surface area contributed by atoms with Crippen molar-refractivity contribution in [2.24, 2.45) is 4.99 Å². The number of aryl methyl sites for hydroxylation is 2. The molecule has 3 rings (SSSR count). The van der Waals surface area contributed by atoms with E-state index in [4.69, 9.17) is 4.99 Å². The van der Waals surface area contributed by atoms with Gasteiger partial charge in [0, 0.05) is 4.47 Å². The number of imidazole rings is 1. The fourth-order valence-corrected chi connectivity index (χ4v) is 3.11. The zero-order chi connectivity index (χ0) is 15.0. The Hall–Kier alpha value is -1.94. The quantitative estimate of drug-likeness (QED) is 0.648. The van der Waals surface area contributed by atoms with Gasteiger partial charge >= 0.3 is 0 Å². The van der Waals surface area contributed by atoms with E-state index in [2.05, 4.69) is 51.9 Å². The van der Waals surface area contributed by atoms with Gasteiger partial charge in [-0.25, -0.2) is 9.98 Å². The van der Waals surface area contributed by atoms with Crippen LogP contribution in [0.4, 0.5) is 5.69 Å². The van der Waals surface area contributed by atoms with E-state index >= 15 is 0 Å². The Morgan fingerprint density at radius 2 is 1.81 bits per heavy atom. The molecule has 0 aliphatic heterocycles. The van der Waals surface area contributed by atoms with Crippen molar-refractivity contribution >= 4 is 38.4 Å². The molecule has 0 spiro atoms. The second-order valence-corrected chi connectivity index (χ2v) is 6.10. The maximum atomic E-state index is 4.77. The van der Waals surface area contributed by atoms with Gasteiger partial charge in [0.2, 0.25) is 0 Å². The van der Waals surface area contributed by atoms with Gasteiger partial charge in [-0.2, -0.15) is 0 Å². The largest absolute Gasteiger partial charge is 0.337 e. The van der Waals surface area contributed by atoms with E-state index in [-0.39, 0.29) is 0 Å². The molecule has 0 radical (unpaired) electrons. The molecule has 0 amide bonds. The lowest BCUT2D eigenvalue weighted by molar-refractivity contribution is 1.25. The van der Waals surface area contributed by atoms with Crippen LogP contribution in [0.3, 0.4) is 0 Å². The highest BCUT2D eigenvalue weighted by atomic mass is 79.9. The van der Waals surface area contributed by atoms with Gasteiger partial charge in [-0.1, -0.05) is 28.1 Å². The molecule has 0 aliphatic rings. The molecule has 0 fully saturated rings. The standard InChI is InChI=1S/C17H16BrN3/c1-10-8-13(18)9-11(2)16(10)19-12(3)17-20-14-6-4-5-7-15(14)21-17/h4-9H,1-3H3,(H,20,21). The molecule has 0 saturated heterocycles. The summed E-state index contributed by atoms with van der Waals surface area (Å²) in [6.07, 6.45) is 0. The Kier molecular flexibility index (Phi) is 3.64. The first kappa shape index (κ1) is 14.0. The lowest BCUT2D eigenvalue weighted by Gasteiger charge is -2.07. The number of halogens is 1. The predicted octanol–water partition coefficient (Wildman–Crippen LogP) is 5.08. The first-order chi connectivity index (χ1) is 10.0. The molecule has 3 nitrogen and oxygen atoms in total. The fraction of sp³-hybridized carbons (Fsp3) is 0.176. The van der Waals surface area contributed by atoms with Gasteiger partial charge in [0.15, 0.2) is 5.82 Å². The molecule has 1 heterocycles. The highest BCUT2D eigenvalue weighted by Crippen LogP contribution is 2.28. The number of aromatic nitrogens is 2. The minimum Gasteiger partial charge on any atom is -0.337 e. The van der Waals surface area contributed by atoms with Crippen LogP contribution in [-0.4, -0.2) is 15.7 Å². The normalized spacial score (nSPS) is 12.1. The van der Waals surface area contributed by atoms with Crippen molar-refractivity contribution in [1.29, 1.82) is 0 Å². The SMILES string of the molecule is CC(=Nc1c(C)cc(Br)cc1C)c1nc2ccccc2[nH]1. The number of hydrogen-bond donors (Lipinski definition) is 1. The molecule has 1 N–H and O–H groups in total. The summed E-state index contributed by atoms with van der Waals surface area (Å²) < 4.78 is 1.08. The molecule has 0 aliphatic carbocycles. The minimum atomic E-state index is 0.818. The second-order valence-electron chi connectivity index (χ2n) is 5.19. The smallest absolute Gasteiger partial charge is 0.152 e. The molecule has 106 valence electrons. The number of aliphatic imine (C=N–C) groups is 1. The molecule has 0 bridgehead atoms. The van der Waals surface area contributed by atoms with Gasteiger partial charge in [0.25, 0.3) is 0 Å². The van der Waals surface area contributed by atoms with Gasteiger partial charge in [0.05, 0.1) is 22.4 Å². The molecule has 2 aromatic carbocycles. The average molecular weight is 342 g/mol. The second kappa shape index (κ2) is 5.45. The van der Waals surface area contributed by atoms with Gasteiger partial charge in [-0.3, -0.25) is 0 Å². The zero-order valence-corrected chi connectivity index (χ0v) is 13.8. The summed E-state index contributed by atoms with van der Waals surface area (Å²) in [6, 6.07) is 12.2. The van der Waals surface area contributed by atoms with E-state index < -0.39 is 0 Å². The number of aromatic amines is 1. The van der Waals surface area contributed by atoms with Crippen LogP contribution in [0.25, 0.3) is 11.0 Å². The third kappa shape index (κ3) is 2.76. The van der Waals surface area contributed by atoms with Crippen molar-refractivity contribution in [3.8, 4) is 0 Å². The summed E-state index contributed by atoms with van der Waals surface area (Å²) in [5.41, 5.74) is 6.20. The first-order valence-corrected chi connectivity index (χ1v) is 7.61. The number of fused-ring (bicyclic) bond motifs is 1. The number of para-hydroxylation sites is 2. The Balaban J connectivity index is 2.07. The summed E-state index contributed by atoms with van der Waals surface area (Å²) in [5, 5.41) is 0. The van der Waals surface area contributed by atoms with Crippen LogP contribution in [-0.2, 0) is 0 Å². The molecule has 21 heavy (non-hydrogen) atoms. The van der Waals surface area contributed by atoms with E-state index in [9.17, 15) is 0 Å². The lowest BCUT2D eigenvalue weighted by atomic mass is 10.1. The minimum absolute atomic E-state index is 0.818. The van der Waals surface area contributed by atoms with E-state index in [1.54, 1.807) is 0 Å². The van der Waals surface area contributed by atoms with Crippen molar-refractivity contribution in [1.82, 2.24) is 9.97 Å². The molecule has 3 aromatic rings. The van der Waals surface area contributed by atoms with E-state index in [1.807, 2.05) is 31.2 Å². The van der Waals surface area contributed by atoms with E-state index in [0.717, 1.165) is 43.9 Å². The molecule has 0 atom stereocenters. The Bertz CT molecular complexity index is 790. The molecule has 4 heteroatoms. The lowest BCUT2D eigenvalue weighted by Crippen LogP contribution is -1.97. The monoisotopic (exact) mass is 341 g/mol. The summed E-state index contributed by atoms with van der Waals surface area (Å²) in [6.45, 7) is 6.13. The van der Waals surface area contributed by atoms with E-state index in [1.165, 1.54) is 0 Å². The summed E-state index contributed by atoms with van der Waals surface area (Å²) in [4.78, 5) is 12.7. The predicted molar refractivity (Wildman–Crippen MR) is 91.6 cm³/mol. The first-order valence-electron chi connectivity index (χ1n) is 6.82. The van der Waals surface area contributed by atoms with Gasteiger partial charge in [-0.05, 0) is 56.2 Å². The van der Waals surface area contributed by atoms with Gasteiger partial charge < -0.3 is 4.98 Å². The molecule has 0 unspecified atom stereocenters. The Morgan fingerprint density at radius 1 is 1.14 bits per heavy atom. The number of hydrogen-bond acceptors (Lipinski definition) is 2. The third-order valence-corrected chi connectivity index (χ3v) is 3.93. The summed E-state index contributed by atoms with van der Waals surface area (Å²) in [7, 11) is 0. The molecule has 0 saturated carbocycles. The Morgan fingerprint density at radius 3 is 2.48 bits per heavy atom. The van der Waals surface area contributed by atoms with Crippen molar-refractivity contribution in [3.05, 3.63) is 57.8 Å². The van der Waals surface area contributed by atoms with Crippen LogP contribution >= 0.6 is 15.9 Å². The van der Waals surface area contributed by atoms with E-state index in [0.29, 0.717) is 0 Å². The third-order valence-electron chi connectivity index (χ3n) is 3.47. The van der Waals surface area contributed by atoms with Crippen LogP contribution in [0.15, 0.2) is 45.9 Å². The zero-order valence-electron chi connectivity index (χ0n) is 12.2. The van der Waals surface area contributed by atoms with Crippen molar-refractivity contribution in [2.45, 2.75) is 20.8 Å². The summed E-state index contributed by atoms with van der Waals surface area (Å²) in [5.74, 6) is 0.818. The topological polar surface area (TPSA) is 41.0 Å². The molecular formula is C17H16BrN3. The Labute approximate surface area is 132 Å². The van der Waals surface area contributed by atoms with Crippen LogP contribution in [0, 0.1) is 13.8 Å². The molecular weight excluding hydrogens is 326 g/mol. The highest BCUT2D eigenvalue weighted by Gasteiger charge is 2.08. The number of benzene rings is 2. The van der Waals surface area contributed by atoms with Crippen molar-refractivity contribution in [3.63, 3.8) is 0 Å². The van der Waals surface area contributed by atoms with Crippen LogP contribution < -0.4 is 0 Å². The van der Waals surface area contributed by atoms with Crippen LogP contribution in [0.2, 0.25) is 0 Å². The summed E-state index contributed by atoms with van der Waals surface area (Å²) >= 11 is 3.51. The van der Waals surface area contributed by atoms with Crippen molar-refractivity contribution in [2.75, 3.05) is 0 Å². The number of nitrogens with one attached hydrogen (secondary N) is 1. The maximum absolute atomic E-state index is 4.77. The van der Waals surface area contributed by atoms with Crippen molar-refractivity contribution < 1.29 is 0 Å². The highest BCUT2D eigenvalue weighted by molar-refractivity contribution is 9.10. The van der Waals surface area contributed by atoms with Gasteiger partial charge in [-0.15, -0.1) is 0 Å². The number of rotatable bonds is 2. The fourth-order valence-electron chi connectivity index (χ4n) is 2.42. The van der Waals surface area contributed by atoms with Gasteiger partial charge in [0.1, 0.15) is 0 Å². The number of nitrogens with zero attached hydrogens (tertiary/aromatic N) is 2. The van der Waals surface area contributed by atoms with Crippen LogP contribution in [0.5, 0.6) is 0 Å². The van der Waals surface area contributed by atoms with Crippen LogP contribution in [0.1, 0.15) is 23.9 Å². The molecule has 1 aromatic heterocycles. The maximum Gasteiger partial charge on any atom is 0.152 e.